The summed E-state index contributed by atoms with van der Waals surface area (Å²) < 4.78 is 0. The average Bonchev–Trinajstić information content (AvgIpc) is 2.80. The number of carbonyl (C=O) groups is 2. The summed E-state index contributed by atoms with van der Waals surface area (Å²) >= 11 is 1.65. The van der Waals surface area contributed by atoms with E-state index in [1.807, 2.05) is 72.8 Å². The normalized spacial score (nSPS) is 10.6. The summed E-state index contributed by atoms with van der Waals surface area (Å²) in [7, 11) is 0. The van der Waals surface area contributed by atoms with Crippen LogP contribution in [0, 0.1) is 0 Å². The molecule has 0 bridgehead atoms. The molecule has 0 aromatic heterocycles. The van der Waals surface area contributed by atoms with Gasteiger partial charge in [0.05, 0.1) is 0 Å². The van der Waals surface area contributed by atoms with E-state index in [-0.39, 0.29) is 11.6 Å². The molecule has 0 aliphatic heterocycles. The molecule has 3 heteroatoms. The lowest BCUT2D eigenvalue weighted by Gasteiger charge is -2.15. The topological polar surface area (TPSA) is 34.1 Å². The van der Waals surface area contributed by atoms with E-state index in [0.29, 0.717) is 11.1 Å². The summed E-state index contributed by atoms with van der Waals surface area (Å²) in [5, 5.41) is 0. The first-order chi connectivity index (χ1) is 15.0. The van der Waals surface area contributed by atoms with E-state index < -0.39 is 0 Å². The fourth-order valence-electron chi connectivity index (χ4n) is 3.48. The molecular formula is C28H22O2S. The zero-order valence-electron chi connectivity index (χ0n) is 17.5. The van der Waals surface area contributed by atoms with E-state index in [4.69, 9.17) is 0 Å². The van der Waals surface area contributed by atoms with Gasteiger partial charge in [0.1, 0.15) is 0 Å². The Labute approximate surface area is 187 Å². The van der Waals surface area contributed by atoms with Gasteiger partial charge in [0.25, 0.3) is 0 Å². The highest BCUT2D eigenvalue weighted by Crippen LogP contribution is 2.41. The zero-order chi connectivity index (χ0) is 21.8. The Morgan fingerprint density at radius 3 is 1.29 bits per heavy atom. The molecule has 0 amide bonds. The zero-order valence-corrected chi connectivity index (χ0v) is 18.3. The number of hydrogen-bond donors (Lipinski definition) is 0. The van der Waals surface area contributed by atoms with Crippen molar-refractivity contribution in [3.63, 3.8) is 0 Å². The second kappa shape index (κ2) is 9.15. The van der Waals surface area contributed by atoms with Crippen molar-refractivity contribution < 1.29 is 9.59 Å². The Morgan fingerprint density at radius 2 is 0.935 bits per heavy atom. The summed E-state index contributed by atoms with van der Waals surface area (Å²) in [6.45, 7) is 3.18. The van der Waals surface area contributed by atoms with Gasteiger partial charge in [0.15, 0.2) is 11.6 Å². The SMILES string of the molecule is CC(=O)c1ccc(Sc2ccc(C(C)=O)cc2-c2ccccc2)c(-c2ccccc2)c1. The van der Waals surface area contributed by atoms with Gasteiger partial charge in [-0.3, -0.25) is 9.59 Å². The Kier molecular flexibility index (Phi) is 6.15. The highest BCUT2D eigenvalue weighted by atomic mass is 32.2. The molecule has 0 heterocycles. The third-order valence-electron chi connectivity index (χ3n) is 5.16. The Morgan fingerprint density at radius 1 is 0.548 bits per heavy atom. The number of carbonyl (C=O) groups excluding carboxylic acids is 2. The van der Waals surface area contributed by atoms with Gasteiger partial charge < -0.3 is 0 Å². The van der Waals surface area contributed by atoms with Crippen LogP contribution in [-0.2, 0) is 0 Å². The molecule has 0 aliphatic carbocycles. The molecule has 2 nitrogen and oxygen atoms in total. The van der Waals surface area contributed by atoms with Gasteiger partial charge in [0.2, 0.25) is 0 Å². The monoisotopic (exact) mass is 422 g/mol. The lowest BCUT2D eigenvalue weighted by atomic mass is 10.0. The fourth-order valence-corrected chi connectivity index (χ4v) is 4.56. The number of ketones is 2. The molecule has 0 saturated heterocycles. The smallest absolute Gasteiger partial charge is 0.159 e. The number of benzene rings is 4. The summed E-state index contributed by atoms with van der Waals surface area (Å²) in [4.78, 5) is 26.1. The minimum Gasteiger partial charge on any atom is -0.295 e. The molecule has 0 aliphatic rings. The van der Waals surface area contributed by atoms with Crippen molar-refractivity contribution in [1.29, 1.82) is 0 Å². The molecule has 4 rings (SSSR count). The maximum absolute atomic E-state index is 12.0. The molecule has 0 saturated carbocycles. The lowest BCUT2D eigenvalue weighted by Crippen LogP contribution is -1.95. The van der Waals surface area contributed by atoms with E-state index in [0.717, 1.165) is 32.0 Å². The van der Waals surface area contributed by atoms with Crippen molar-refractivity contribution >= 4 is 23.3 Å². The predicted octanol–water partition coefficient (Wildman–Crippen LogP) is 7.58. The van der Waals surface area contributed by atoms with Gasteiger partial charge in [-0.05, 0) is 60.4 Å². The van der Waals surface area contributed by atoms with Crippen LogP contribution in [0.1, 0.15) is 34.6 Å². The molecule has 0 N–H and O–H groups in total. The van der Waals surface area contributed by atoms with Gasteiger partial charge in [0, 0.05) is 20.9 Å². The third-order valence-corrected chi connectivity index (χ3v) is 6.31. The van der Waals surface area contributed by atoms with Gasteiger partial charge in [-0.2, -0.15) is 0 Å². The number of rotatable bonds is 6. The Bertz CT molecular complexity index is 1150. The molecule has 31 heavy (non-hydrogen) atoms. The fraction of sp³-hybridized carbons (Fsp3) is 0.0714. The van der Waals surface area contributed by atoms with Crippen molar-refractivity contribution in [2.75, 3.05) is 0 Å². The van der Waals surface area contributed by atoms with Crippen LogP contribution in [0.25, 0.3) is 22.3 Å². The first-order valence-corrected chi connectivity index (χ1v) is 10.9. The van der Waals surface area contributed by atoms with Crippen LogP contribution in [0.2, 0.25) is 0 Å². The first-order valence-electron chi connectivity index (χ1n) is 10.1. The number of hydrogen-bond acceptors (Lipinski definition) is 3. The van der Waals surface area contributed by atoms with Crippen LogP contribution in [0.4, 0.5) is 0 Å². The van der Waals surface area contributed by atoms with Crippen LogP contribution in [0.15, 0.2) is 107 Å². The molecule has 4 aromatic rings. The highest BCUT2D eigenvalue weighted by molar-refractivity contribution is 7.99. The van der Waals surface area contributed by atoms with E-state index in [1.165, 1.54) is 0 Å². The van der Waals surface area contributed by atoms with E-state index in [9.17, 15) is 9.59 Å². The minimum absolute atomic E-state index is 0.0458. The second-order valence-electron chi connectivity index (χ2n) is 7.37. The first kappa shape index (κ1) is 20.8. The third kappa shape index (κ3) is 4.68. The molecule has 0 fully saturated rings. The summed E-state index contributed by atoms with van der Waals surface area (Å²) in [6.07, 6.45) is 0. The van der Waals surface area contributed by atoms with Crippen molar-refractivity contribution in [2.24, 2.45) is 0 Å². The lowest BCUT2D eigenvalue weighted by molar-refractivity contribution is 0.100. The molecule has 0 radical (unpaired) electrons. The van der Waals surface area contributed by atoms with Crippen molar-refractivity contribution in [3.8, 4) is 22.3 Å². The van der Waals surface area contributed by atoms with Crippen LogP contribution in [-0.4, -0.2) is 11.6 Å². The quantitative estimate of drug-likeness (QED) is 0.300. The maximum atomic E-state index is 12.0. The summed E-state index contributed by atoms with van der Waals surface area (Å²) in [5.74, 6) is 0.0917. The summed E-state index contributed by atoms with van der Waals surface area (Å²) in [5.41, 5.74) is 5.56. The minimum atomic E-state index is 0.0458. The second-order valence-corrected chi connectivity index (χ2v) is 8.45. The van der Waals surface area contributed by atoms with Crippen LogP contribution in [0.5, 0.6) is 0 Å². The standard InChI is InChI=1S/C28H22O2S/c1-19(29)23-13-15-27(25(17-23)21-9-5-3-6-10-21)31-28-16-14-24(20(2)30)18-26(28)22-11-7-4-8-12-22/h3-18H,1-2H3. The van der Waals surface area contributed by atoms with Crippen molar-refractivity contribution in [3.05, 3.63) is 108 Å². The van der Waals surface area contributed by atoms with Crippen LogP contribution < -0.4 is 0 Å². The maximum Gasteiger partial charge on any atom is 0.159 e. The molecule has 0 spiro atoms. The Hall–Kier alpha value is -3.43. The Balaban J connectivity index is 1.84. The van der Waals surface area contributed by atoms with Crippen LogP contribution >= 0.6 is 11.8 Å². The van der Waals surface area contributed by atoms with E-state index in [1.54, 1.807) is 25.6 Å². The van der Waals surface area contributed by atoms with E-state index in [2.05, 4.69) is 24.3 Å². The molecule has 0 atom stereocenters. The van der Waals surface area contributed by atoms with Gasteiger partial charge in [-0.25, -0.2) is 0 Å². The predicted molar refractivity (Wildman–Crippen MR) is 128 cm³/mol. The van der Waals surface area contributed by atoms with Gasteiger partial charge in [-0.1, -0.05) is 84.6 Å². The van der Waals surface area contributed by atoms with E-state index >= 15 is 0 Å². The van der Waals surface area contributed by atoms with Gasteiger partial charge in [-0.15, -0.1) is 0 Å². The van der Waals surface area contributed by atoms with Crippen LogP contribution in [0.3, 0.4) is 0 Å². The highest BCUT2D eigenvalue weighted by Gasteiger charge is 2.14. The molecule has 152 valence electrons. The number of Topliss-reactive ketones (excluding diaryl/α,β-unsaturated/α-hetero) is 2. The largest absolute Gasteiger partial charge is 0.295 e. The average molecular weight is 423 g/mol. The molecular weight excluding hydrogens is 400 g/mol. The van der Waals surface area contributed by atoms with Crippen molar-refractivity contribution in [1.82, 2.24) is 0 Å². The van der Waals surface area contributed by atoms with Crippen molar-refractivity contribution in [2.45, 2.75) is 23.6 Å². The molecule has 4 aromatic carbocycles. The summed E-state index contributed by atoms with van der Waals surface area (Å²) in [6, 6.07) is 31.9. The molecule has 0 unspecified atom stereocenters. The van der Waals surface area contributed by atoms with Gasteiger partial charge >= 0.3 is 0 Å².